The average molecular weight is 286 g/mol. The van der Waals surface area contributed by atoms with Crippen LogP contribution in [0, 0.1) is 0 Å². The Hall–Kier alpha value is -2.15. The largest absolute Gasteiger partial charge is 0.340 e. The number of fused-ring (bicyclic) bond motifs is 1. The fourth-order valence-electron chi connectivity index (χ4n) is 1.98. The molecule has 0 bridgehead atoms. The Labute approximate surface area is 120 Å². The fourth-order valence-corrected chi connectivity index (χ4v) is 2.96. The summed E-state index contributed by atoms with van der Waals surface area (Å²) in [7, 11) is 0. The number of anilines is 1. The van der Waals surface area contributed by atoms with Crippen molar-refractivity contribution in [3.8, 4) is 0 Å². The predicted molar refractivity (Wildman–Crippen MR) is 82.9 cm³/mol. The number of hydrogen-bond acceptors (Lipinski definition) is 6. The zero-order valence-electron chi connectivity index (χ0n) is 11.1. The van der Waals surface area contributed by atoms with Crippen LogP contribution in [0.5, 0.6) is 0 Å². The number of aromatic amines is 1. The number of aromatic nitrogens is 4. The van der Waals surface area contributed by atoms with Crippen LogP contribution < -0.4 is 4.90 Å². The maximum Gasteiger partial charge on any atom is 0.182 e. The van der Waals surface area contributed by atoms with Gasteiger partial charge in [0, 0.05) is 29.1 Å². The van der Waals surface area contributed by atoms with Gasteiger partial charge in [-0.05, 0) is 19.7 Å². The molecule has 6 nitrogen and oxygen atoms in total. The molecule has 1 aliphatic rings. The molecular weight excluding hydrogens is 272 g/mol. The highest BCUT2D eigenvalue weighted by atomic mass is 32.2. The Balaban J connectivity index is 1.99. The van der Waals surface area contributed by atoms with Gasteiger partial charge in [0.05, 0.1) is 6.33 Å². The van der Waals surface area contributed by atoms with Crippen molar-refractivity contribution >= 4 is 35.5 Å². The number of rotatable bonds is 3. The molecular formula is C13H14N6S. The van der Waals surface area contributed by atoms with Crippen molar-refractivity contribution in [2.45, 2.75) is 6.92 Å². The smallest absolute Gasteiger partial charge is 0.182 e. The van der Waals surface area contributed by atoms with E-state index in [0.29, 0.717) is 5.65 Å². The molecule has 0 spiro atoms. The van der Waals surface area contributed by atoms with Crippen LogP contribution in [0.15, 0.2) is 40.5 Å². The van der Waals surface area contributed by atoms with E-state index in [4.69, 9.17) is 0 Å². The highest BCUT2D eigenvalue weighted by molar-refractivity contribution is 8.03. The van der Waals surface area contributed by atoms with Gasteiger partial charge in [0.1, 0.15) is 11.8 Å². The van der Waals surface area contributed by atoms with Crippen molar-refractivity contribution in [3.63, 3.8) is 0 Å². The average Bonchev–Trinajstić information content (AvgIpc) is 2.95. The maximum atomic E-state index is 4.37. The molecule has 3 heterocycles. The summed E-state index contributed by atoms with van der Waals surface area (Å²) >= 11 is 1.80. The first-order valence-electron chi connectivity index (χ1n) is 6.18. The SMILES string of the molecule is C=NC(C)=CC1=CN(c2ncnc3nc[nH]c23)CCS1. The van der Waals surface area contributed by atoms with Crippen molar-refractivity contribution in [3.05, 3.63) is 35.5 Å². The molecule has 0 fully saturated rings. The van der Waals surface area contributed by atoms with Gasteiger partial charge in [-0.1, -0.05) is 0 Å². The number of H-pyrrole nitrogens is 1. The van der Waals surface area contributed by atoms with Gasteiger partial charge in [-0.25, -0.2) is 15.0 Å². The van der Waals surface area contributed by atoms with Crippen LogP contribution in [0.25, 0.3) is 11.2 Å². The Morgan fingerprint density at radius 3 is 3.25 bits per heavy atom. The maximum absolute atomic E-state index is 4.37. The summed E-state index contributed by atoms with van der Waals surface area (Å²) in [5.74, 6) is 1.84. The normalized spacial score (nSPS) is 16.4. The van der Waals surface area contributed by atoms with Crippen LogP contribution in [-0.4, -0.2) is 39.0 Å². The summed E-state index contributed by atoms with van der Waals surface area (Å²) < 4.78 is 0. The summed E-state index contributed by atoms with van der Waals surface area (Å²) in [6, 6.07) is 0. The summed E-state index contributed by atoms with van der Waals surface area (Å²) in [5.41, 5.74) is 2.44. The Kier molecular flexibility index (Phi) is 3.51. The lowest BCUT2D eigenvalue weighted by Crippen LogP contribution is -2.24. The predicted octanol–water partition coefficient (Wildman–Crippen LogP) is 2.35. The molecule has 1 N–H and O–H groups in total. The second-order valence-corrected chi connectivity index (χ2v) is 5.48. The lowest BCUT2D eigenvalue weighted by atomic mass is 10.4. The van der Waals surface area contributed by atoms with E-state index in [9.17, 15) is 0 Å². The molecule has 102 valence electrons. The van der Waals surface area contributed by atoms with Crippen LogP contribution in [0.4, 0.5) is 5.82 Å². The molecule has 0 radical (unpaired) electrons. The van der Waals surface area contributed by atoms with Crippen LogP contribution in [-0.2, 0) is 0 Å². The molecule has 20 heavy (non-hydrogen) atoms. The van der Waals surface area contributed by atoms with Crippen molar-refractivity contribution in [1.29, 1.82) is 0 Å². The van der Waals surface area contributed by atoms with Crippen molar-refractivity contribution in [2.24, 2.45) is 4.99 Å². The molecule has 0 saturated heterocycles. The minimum Gasteiger partial charge on any atom is -0.340 e. The second kappa shape index (κ2) is 5.46. The second-order valence-electron chi connectivity index (χ2n) is 4.32. The van der Waals surface area contributed by atoms with Gasteiger partial charge in [-0.3, -0.25) is 4.99 Å². The van der Waals surface area contributed by atoms with Crippen molar-refractivity contribution in [2.75, 3.05) is 17.2 Å². The van der Waals surface area contributed by atoms with Gasteiger partial charge < -0.3 is 9.88 Å². The van der Waals surface area contributed by atoms with Gasteiger partial charge in [-0.2, -0.15) is 0 Å². The van der Waals surface area contributed by atoms with Gasteiger partial charge >= 0.3 is 0 Å². The zero-order valence-corrected chi connectivity index (χ0v) is 11.9. The first-order valence-corrected chi connectivity index (χ1v) is 7.17. The van der Waals surface area contributed by atoms with E-state index in [0.717, 1.165) is 34.2 Å². The van der Waals surface area contributed by atoms with E-state index < -0.39 is 0 Å². The van der Waals surface area contributed by atoms with E-state index in [-0.39, 0.29) is 0 Å². The fraction of sp³-hybridized carbons (Fsp3) is 0.231. The number of nitrogens with one attached hydrogen (secondary N) is 1. The molecule has 0 aromatic carbocycles. The Bertz CT molecular complexity index is 702. The first-order chi connectivity index (χ1) is 9.78. The van der Waals surface area contributed by atoms with Gasteiger partial charge in [0.15, 0.2) is 11.5 Å². The molecule has 0 amide bonds. The Morgan fingerprint density at radius 1 is 1.50 bits per heavy atom. The first kappa shape index (κ1) is 12.9. The number of aliphatic imine (C=N–C) groups is 1. The monoisotopic (exact) mass is 286 g/mol. The third-order valence-corrected chi connectivity index (χ3v) is 3.90. The molecule has 0 aliphatic carbocycles. The van der Waals surface area contributed by atoms with E-state index >= 15 is 0 Å². The minimum atomic E-state index is 0.683. The van der Waals surface area contributed by atoms with Crippen LogP contribution in [0.3, 0.4) is 0 Å². The summed E-state index contributed by atoms with van der Waals surface area (Å²) in [4.78, 5) is 22.9. The van der Waals surface area contributed by atoms with Gasteiger partial charge in [-0.15, -0.1) is 11.8 Å². The van der Waals surface area contributed by atoms with Gasteiger partial charge in [0.25, 0.3) is 0 Å². The third kappa shape index (κ3) is 2.44. The number of allylic oxidation sites excluding steroid dienone is 2. The molecule has 0 saturated carbocycles. The van der Waals surface area contributed by atoms with E-state index in [2.05, 4.69) is 42.7 Å². The quantitative estimate of drug-likeness (QED) is 0.877. The lowest BCUT2D eigenvalue weighted by Gasteiger charge is -2.24. The molecule has 2 aromatic rings. The topological polar surface area (TPSA) is 70.1 Å². The molecule has 0 unspecified atom stereocenters. The highest BCUT2D eigenvalue weighted by Gasteiger charge is 2.16. The summed E-state index contributed by atoms with van der Waals surface area (Å²) in [5, 5.41) is 0. The van der Waals surface area contributed by atoms with Gasteiger partial charge in [0.2, 0.25) is 0 Å². The third-order valence-electron chi connectivity index (χ3n) is 2.96. The summed E-state index contributed by atoms with van der Waals surface area (Å²) in [6.07, 6.45) is 7.28. The zero-order chi connectivity index (χ0) is 13.9. The van der Waals surface area contributed by atoms with Crippen LogP contribution in [0.1, 0.15) is 6.92 Å². The van der Waals surface area contributed by atoms with Crippen LogP contribution in [0.2, 0.25) is 0 Å². The van der Waals surface area contributed by atoms with Crippen molar-refractivity contribution in [1.82, 2.24) is 19.9 Å². The lowest BCUT2D eigenvalue weighted by molar-refractivity contribution is 0.978. The van der Waals surface area contributed by atoms with E-state index in [1.54, 1.807) is 24.4 Å². The van der Waals surface area contributed by atoms with E-state index in [1.807, 2.05) is 13.0 Å². The molecule has 3 rings (SSSR count). The minimum absolute atomic E-state index is 0.683. The molecule has 0 atom stereocenters. The van der Waals surface area contributed by atoms with Crippen molar-refractivity contribution < 1.29 is 0 Å². The van der Waals surface area contributed by atoms with E-state index in [1.165, 1.54) is 0 Å². The Morgan fingerprint density at radius 2 is 2.40 bits per heavy atom. The number of imidazole rings is 1. The number of hydrogen-bond donors (Lipinski definition) is 1. The standard InChI is InChI=1S/C13H14N6S/c1-9(14-2)5-10-6-19(3-4-20-10)13-11-12(16-7-15-11)17-8-18-13/h5-8H,2-4H2,1H3,(H,15,16,17,18). The number of thioether (sulfide) groups is 1. The summed E-state index contributed by atoms with van der Waals surface area (Å²) in [6.45, 7) is 6.37. The molecule has 1 aliphatic heterocycles. The molecule has 7 heteroatoms. The highest BCUT2D eigenvalue weighted by Crippen LogP contribution is 2.29. The number of nitrogens with zero attached hydrogens (tertiary/aromatic N) is 5. The molecule has 2 aromatic heterocycles. The van der Waals surface area contributed by atoms with Crippen LogP contribution >= 0.6 is 11.8 Å².